The molecule has 0 saturated heterocycles. The number of ketones is 1. The minimum atomic E-state index is -1.87. The highest BCUT2D eigenvalue weighted by atomic mass is 28.3. The summed E-state index contributed by atoms with van der Waals surface area (Å²) in [7, 11) is -1.82. The van der Waals surface area contributed by atoms with Crippen LogP contribution in [0, 0.1) is 5.41 Å². The minimum absolute atomic E-state index is 0.193. The van der Waals surface area contributed by atoms with E-state index in [4.69, 9.17) is 4.74 Å². The second-order valence-electron chi connectivity index (χ2n) is 11.4. The first-order chi connectivity index (χ1) is 17.0. The zero-order valence-electron chi connectivity index (χ0n) is 23.1. The SMILES string of the molecule is CCCCCCCCCCCCCCCC(=O)CC(C)(C)C[Si](C)[C@](O)(CO)[C@H]1OC(=O)C(O)=C1O. The molecule has 0 aromatic rings. The van der Waals surface area contributed by atoms with E-state index in [9.17, 15) is 30.0 Å². The Hall–Kier alpha value is -1.38. The normalized spacial score (nSPS) is 18.1. The second kappa shape index (κ2) is 16.5. The first-order valence-electron chi connectivity index (χ1n) is 14.0. The van der Waals surface area contributed by atoms with Gasteiger partial charge in [0.15, 0.2) is 11.9 Å². The predicted octanol–water partition coefficient (Wildman–Crippen LogP) is 6.09. The summed E-state index contributed by atoms with van der Waals surface area (Å²) in [6.45, 7) is 7.20. The Balaban J connectivity index is 2.27. The van der Waals surface area contributed by atoms with Crippen LogP contribution in [-0.2, 0) is 14.3 Å². The number of rotatable bonds is 21. The third kappa shape index (κ3) is 10.9. The molecular formula is C28H51O7Si. The molecule has 0 spiro atoms. The van der Waals surface area contributed by atoms with Gasteiger partial charge in [-0.05, 0) is 11.8 Å². The number of hydrogen-bond acceptors (Lipinski definition) is 7. The van der Waals surface area contributed by atoms with Crippen LogP contribution in [0.4, 0.5) is 0 Å². The maximum absolute atomic E-state index is 12.6. The number of aliphatic hydroxyl groups excluding tert-OH is 3. The van der Waals surface area contributed by atoms with Gasteiger partial charge in [-0.1, -0.05) is 110 Å². The van der Waals surface area contributed by atoms with Crippen molar-refractivity contribution in [2.45, 2.75) is 141 Å². The van der Waals surface area contributed by atoms with E-state index in [0.29, 0.717) is 18.9 Å². The largest absolute Gasteiger partial charge is 0.505 e. The van der Waals surface area contributed by atoms with E-state index in [1.807, 2.05) is 13.8 Å². The lowest BCUT2D eigenvalue weighted by Crippen LogP contribution is -2.58. The summed E-state index contributed by atoms with van der Waals surface area (Å²) in [5.41, 5.74) is -0.413. The Bertz CT molecular complexity index is 706. The van der Waals surface area contributed by atoms with Gasteiger partial charge in [0.2, 0.25) is 5.76 Å². The molecule has 36 heavy (non-hydrogen) atoms. The topological polar surface area (TPSA) is 124 Å². The number of carbonyl (C=O) groups is 2. The number of carbonyl (C=O) groups excluding carboxylic acids is 2. The third-order valence-corrected chi connectivity index (χ3v) is 10.7. The van der Waals surface area contributed by atoms with Gasteiger partial charge in [0.1, 0.15) is 11.0 Å². The Morgan fingerprint density at radius 1 is 0.917 bits per heavy atom. The van der Waals surface area contributed by atoms with Crippen molar-refractivity contribution in [3.8, 4) is 0 Å². The van der Waals surface area contributed by atoms with Crippen molar-refractivity contribution < 1.29 is 34.8 Å². The van der Waals surface area contributed by atoms with Gasteiger partial charge in [0.25, 0.3) is 0 Å². The number of ether oxygens (including phenoxy) is 1. The molecule has 0 aliphatic carbocycles. The fourth-order valence-electron chi connectivity index (χ4n) is 5.11. The number of Topliss-reactive ketones (excluding diaryl/α,β-unsaturated/α-hetero) is 1. The van der Waals surface area contributed by atoms with Gasteiger partial charge in [-0.3, -0.25) is 4.79 Å². The van der Waals surface area contributed by atoms with Crippen LogP contribution in [0.3, 0.4) is 0 Å². The van der Waals surface area contributed by atoms with E-state index in [2.05, 4.69) is 6.92 Å². The molecule has 1 heterocycles. The molecule has 4 N–H and O–H groups in total. The summed E-state index contributed by atoms with van der Waals surface area (Å²) in [6, 6.07) is 0.459. The van der Waals surface area contributed by atoms with Crippen molar-refractivity contribution in [2.75, 3.05) is 6.61 Å². The van der Waals surface area contributed by atoms with E-state index in [-0.39, 0.29) is 5.78 Å². The zero-order valence-corrected chi connectivity index (χ0v) is 24.1. The molecule has 0 bridgehead atoms. The molecule has 209 valence electrons. The number of cyclic esters (lactones) is 1. The van der Waals surface area contributed by atoms with Gasteiger partial charge in [-0.2, -0.15) is 0 Å². The lowest BCUT2D eigenvalue weighted by molar-refractivity contribution is -0.151. The van der Waals surface area contributed by atoms with Gasteiger partial charge in [0.05, 0.1) is 15.4 Å². The molecule has 8 heteroatoms. The van der Waals surface area contributed by atoms with Crippen LogP contribution >= 0.6 is 0 Å². The molecule has 0 fully saturated rings. The number of hydrogen-bond donors (Lipinski definition) is 4. The monoisotopic (exact) mass is 527 g/mol. The molecule has 0 aromatic heterocycles. The van der Waals surface area contributed by atoms with Crippen molar-refractivity contribution in [3.63, 3.8) is 0 Å². The van der Waals surface area contributed by atoms with Gasteiger partial charge in [0, 0.05) is 12.8 Å². The molecule has 0 amide bonds. The lowest BCUT2D eigenvalue weighted by atomic mass is 9.88. The molecular weight excluding hydrogens is 476 g/mol. The summed E-state index contributed by atoms with van der Waals surface area (Å²) in [4.78, 5) is 24.2. The highest BCUT2D eigenvalue weighted by Gasteiger charge is 2.53. The molecule has 1 aliphatic rings. The standard InChI is InChI=1S/C28H51O7Si/c1-5-6-7-8-9-10-11-12-13-14-15-16-17-18-22(30)19-27(2,3)21-36(4)28(34,20-29)25-23(31)24(32)26(33)35-25/h25,29,31-32,34H,5-21H2,1-4H3/t25-,28+/m0/s1. The van der Waals surface area contributed by atoms with Crippen molar-refractivity contribution in [1.29, 1.82) is 0 Å². The zero-order chi connectivity index (χ0) is 27.2. The molecule has 1 radical (unpaired) electrons. The highest BCUT2D eigenvalue weighted by Crippen LogP contribution is 2.36. The van der Waals surface area contributed by atoms with E-state index in [1.165, 1.54) is 70.6 Å². The number of esters is 1. The summed E-state index contributed by atoms with van der Waals surface area (Å²) in [5, 5.41) is 38.6. The summed E-state index contributed by atoms with van der Waals surface area (Å²) in [6.07, 6.45) is 15.9. The van der Waals surface area contributed by atoms with Gasteiger partial charge < -0.3 is 25.2 Å². The maximum Gasteiger partial charge on any atom is 0.377 e. The minimum Gasteiger partial charge on any atom is -0.505 e. The molecule has 1 rings (SSSR count). The second-order valence-corrected chi connectivity index (χ2v) is 14.2. The van der Waals surface area contributed by atoms with Crippen LogP contribution in [0.15, 0.2) is 11.5 Å². The molecule has 2 atom stereocenters. The Morgan fingerprint density at radius 2 is 1.39 bits per heavy atom. The molecule has 1 aliphatic heterocycles. The number of aliphatic hydroxyl groups is 4. The Labute approximate surface area is 219 Å². The molecule has 0 unspecified atom stereocenters. The predicted molar refractivity (Wildman–Crippen MR) is 144 cm³/mol. The average molecular weight is 528 g/mol. The third-order valence-electron chi connectivity index (χ3n) is 7.30. The van der Waals surface area contributed by atoms with Gasteiger partial charge >= 0.3 is 5.97 Å². The van der Waals surface area contributed by atoms with Gasteiger partial charge in [-0.25, -0.2) is 4.79 Å². The quantitative estimate of drug-likeness (QED) is 0.0808. The van der Waals surface area contributed by atoms with Crippen LogP contribution in [0.5, 0.6) is 0 Å². The summed E-state index contributed by atoms with van der Waals surface area (Å²) < 4.78 is 4.92. The van der Waals surface area contributed by atoms with Crippen LogP contribution in [0.1, 0.15) is 117 Å². The van der Waals surface area contributed by atoms with Crippen LogP contribution < -0.4 is 0 Å². The van der Waals surface area contributed by atoms with E-state index in [1.54, 1.807) is 6.55 Å². The maximum atomic E-state index is 12.6. The molecule has 0 saturated carbocycles. The van der Waals surface area contributed by atoms with Crippen molar-refractivity contribution in [2.24, 2.45) is 5.41 Å². The highest BCUT2D eigenvalue weighted by molar-refractivity contribution is 6.61. The Morgan fingerprint density at radius 3 is 1.81 bits per heavy atom. The van der Waals surface area contributed by atoms with Crippen LogP contribution in [0.25, 0.3) is 0 Å². The summed E-state index contributed by atoms with van der Waals surface area (Å²) in [5.74, 6) is -2.62. The first kappa shape index (κ1) is 32.6. The van der Waals surface area contributed by atoms with E-state index < -0.39 is 49.6 Å². The first-order valence-corrected chi connectivity index (χ1v) is 16.2. The van der Waals surface area contributed by atoms with Gasteiger partial charge in [-0.15, -0.1) is 0 Å². The smallest absolute Gasteiger partial charge is 0.377 e. The lowest BCUT2D eigenvalue weighted by Gasteiger charge is -2.38. The van der Waals surface area contributed by atoms with E-state index >= 15 is 0 Å². The molecule has 7 nitrogen and oxygen atoms in total. The van der Waals surface area contributed by atoms with E-state index in [0.717, 1.165) is 12.8 Å². The fourth-order valence-corrected chi connectivity index (χ4v) is 7.89. The summed E-state index contributed by atoms with van der Waals surface area (Å²) >= 11 is 0. The fraction of sp³-hybridized carbons (Fsp3) is 0.857. The average Bonchev–Trinajstić information content (AvgIpc) is 3.08. The van der Waals surface area contributed by atoms with Crippen LogP contribution in [-0.4, -0.2) is 58.9 Å². The molecule has 0 aromatic carbocycles. The van der Waals surface area contributed by atoms with Crippen LogP contribution in [0.2, 0.25) is 12.6 Å². The van der Waals surface area contributed by atoms with Crippen molar-refractivity contribution >= 4 is 20.5 Å². The van der Waals surface area contributed by atoms with Crippen molar-refractivity contribution in [1.82, 2.24) is 0 Å². The number of unbranched alkanes of at least 4 members (excludes halogenated alkanes) is 12. The Kier molecular flexibility index (Phi) is 14.9. The van der Waals surface area contributed by atoms with Crippen molar-refractivity contribution in [3.05, 3.63) is 11.5 Å².